The van der Waals surface area contributed by atoms with Crippen molar-refractivity contribution in [2.45, 2.75) is 13.0 Å². The average Bonchev–Trinajstić information content (AvgIpc) is 2.88. The van der Waals surface area contributed by atoms with Crippen molar-refractivity contribution in [2.75, 3.05) is 12.4 Å². The molecule has 0 spiro atoms. The first kappa shape index (κ1) is 15.0. The Morgan fingerprint density at radius 2 is 2.18 bits per heavy atom. The zero-order chi connectivity index (χ0) is 15.7. The minimum atomic E-state index is -0.293. The van der Waals surface area contributed by atoms with E-state index in [-0.39, 0.29) is 11.9 Å². The van der Waals surface area contributed by atoms with Gasteiger partial charge in [0.15, 0.2) is 5.65 Å². The third-order valence-corrected chi connectivity index (χ3v) is 4.11. The first-order chi connectivity index (χ1) is 10.6. The number of halogens is 2. The number of nitrogens with zero attached hydrogens (tertiary/aromatic N) is 3. The molecule has 0 bridgehead atoms. The molecule has 114 valence electrons. The SMILES string of the molecule is COc1ccc(F)cc1C(C)Nc1ccn2ncc(I)c2n1. The summed E-state index contributed by atoms with van der Waals surface area (Å²) in [6, 6.07) is 6.16. The molecule has 22 heavy (non-hydrogen) atoms. The van der Waals surface area contributed by atoms with Crippen LogP contribution >= 0.6 is 22.6 Å². The monoisotopic (exact) mass is 412 g/mol. The van der Waals surface area contributed by atoms with Gasteiger partial charge in [0.2, 0.25) is 0 Å². The summed E-state index contributed by atoms with van der Waals surface area (Å²) in [5, 5.41) is 7.45. The average molecular weight is 412 g/mol. The van der Waals surface area contributed by atoms with Crippen molar-refractivity contribution < 1.29 is 9.13 Å². The number of methoxy groups -OCH3 is 1. The van der Waals surface area contributed by atoms with E-state index in [9.17, 15) is 4.39 Å². The van der Waals surface area contributed by atoms with Gasteiger partial charge in [-0.15, -0.1) is 0 Å². The molecular weight excluding hydrogens is 398 g/mol. The lowest BCUT2D eigenvalue weighted by Crippen LogP contribution is -2.10. The molecule has 0 saturated carbocycles. The third-order valence-electron chi connectivity index (χ3n) is 3.35. The van der Waals surface area contributed by atoms with E-state index in [1.807, 2.05) is 19.2 Å². The second-order valence-electron chi connectivity index (χ2n) is 4.83. The number of fused-ring (bicyclic) bond motifs is 1. The maximum Gasteiger partial charge on any atom is 0.170 e. The smallest absolute Gasteiger partial charge is 0.170 e. The van der Waals surface area contributed by atoms with Crippen LogP contribution in [0.1, 0.15) is 18.5 Å². The van der Waals surface area contributed by atoms with Gasteiger partial charge in [-0.1, -0.05) is 0 Å². The van der Waals surface area contributed by atoms with Gasteiger partial charge in [-0.3, -0.25) is 0 Å². The maximum absolute atomic E-state index is 13.5. The molecule has 5 nitrogen and oxygen atoms in total. The van der Waals surface area contributed by atoms with Crippen LogP contribution in [-0.4, -0.2) is 21.7 Å². The van der Waals surface area contributed by atoms with Gasteiger partial charge in [-0.05, 0) is 53.8 Å². The standard InChI is InChI=1S/C15H14FIN4O/c1-9(11-7-10(16)3-4-13(11)22-2)19-14-5-6-21-15(20-14)12(17)8-18-21/h3-9H,1-2H3,(H,19,20). The fourth-order valence-corrected chi connectivity index (χ4v) is 2.76. The van der Waals surface area contributed by atoms with Gasteiger partial charge in [0.05, 0.1) is 22.9 Å². The fourth-order valence-electron chi connectivity index (χ4n) is 2.26. The summed E-state index contributed by atoms with van der Waals surface area (Å²) in [7, 11) is 1.57. The molecule has 1 unspecified atom stereocenters. The highest BCUT2D eigenvalue weighted by atomic mass is 127. The van der Waals surface area contributed by atoms with Crippen LogP contribution in [0, 0.1) is 9.39 Å². The zero-order valence-corrected chi connectivity index (χ0v) is 14.2. The summed E-state index contributed by atoms with van der Waals surface area (Å²) in [4.78, 5) is 4.53. The highest BCUT2D eigenvalue weighted by Gasteiger charge is 2.14. The fraction of sp³-hybridized carbons (Fsp3) is 0.200. The van der Waals surface area contributed by atoms with Crippen molar-refractivity contribution in [3.8, 4) is 5.75 Å². The number of rotatable bonds is 4. The van der Waals surface area contributed by atoms with E-state index in [1.54, 1.807) is 23.9 Å². The van der Waals surface area contributed by atoms with Crippen LogP contribution in [0.25, 0.3) is 5.65 Å². The van der Waals surface area contributed by atoms with Crippen molar-refractivity contribution in [1.82, 2.24) is 14.6 Å². The second-order valence-corrected chi connectivity index (χ2v) is 5.99. The molecule has 7 heteroatoms. The molecule has 0 saturated heterocycles. The van der Waals surface area contributed by atoms with Gasteiger partial charge < -0.3 is 10.1 Å². The molecule has 0 fully saturated rings. The molecule has 3 rings (SSSR count). The highest BCUT2D eigenvalue weighted by Crippen LogP contribution is 2.28. The topological polar surface area (TPSA) is 51.5 Å². The summed E-state index contributed by atoms with van der Waals surface area (Å²) in [5.41, 5.74) is 1.52. The lowest BCUT2D eigenvalue weighted by Gasteiger charge is -2.18. The van der Waals surface area contributed by atoms with E-state index in [1.165, 1.54) is 12.1 Å². The third kappa shape index (κ3) is 2.85. The first-order valence-electron chi connectivity index (χ1n) is 6.68. The Bertz CT molecular complexity index is 820. The van der Waals surface area contributed by atoms with Crippen LogP contribution in [0.2, 0.25) is 0 Å². The number of hydrogen-bond acceptors (Lipinski definition) is 4. The molecule has 0 aliphatic rings. The van der Waals surface area contributed by atoms with Gasteiger partial charge in [0.25, 0.3) is 0 Å². The van der Waals surface area contributed by atoms with E-state index in [2.05, 4.69) is 38.0 Å². The molecule has 2 heterocycles. The number of aromatic nitrogens is 3. The van der Waals surface area contributed by atoms with Crippen LogP contribution in [-0.2, 0) is 0 Å². The normalized spacial score (nSPS) is 12.4. The minimum absolute atomic E-state index is 0.152. The zero-order valence-electron chi connectivity index (χ0n) is 12.0. The number of nitrogens with one attached hydrogen (secondary N) is 1. The Kier molecular flexibility index (Phi) is 4.14. The lowest BCUT2D eigenvalue weighted by molar-refractivity contribution is 0.406. The number of hydrogen-bond donors (Lipinski definition) is 1. The molecule has 0 amide bonds. The van der Waals surface area contributed by atoms with E-state index < -0.39 is 0 Å². The van der Waals surface area contributed by atoms with Crippen molar-refractivity contribution in [3.63, 3.8) is 0 Å². The summed E-state index contributed by atoms with van der Waals surface area (Å²) in [6.45, 7) is 1.94. The highest BCUT2D eigenvalue weighted by molar-refractivity contribution is 14.1. The molecular formula is C15H14FIN4O. The molecule has 3 aromatic rings. The summed E-state index contributed by atoms with van der Waals surface area (Å²) in [5.74, 6) is 1.05. The predicted octanol–water partition coefficient (Wildman–Crippen LogP) is 3.65. The van der Waals surface area contributed by atoms with Crippen LogP contribution in [0.3, 0.4) is 0 Å². The van der Waals surface area contributed by atoms with E-state index in [0.717, 1.165) is 14.8 Å². The molecule has 1 N–H and O–H groups in total. The van der Waals surface area contributed by atoms with E-state index >= 15 is 0 Å². The largest absolute Gasteiger partial charge is 0.496 e. The van der Waals surface area contributed by atoms with Crippen LogP contribution < -0.4 is 10.1 Å². The Balaban J connectivity index is 1.90. The molecule has 1 atom stereocenters. The minimum Gasteiger partial charge on any atom is -0.496 e. The summed E-state index contributed by atoms with van der Waals surface area (Å²) in [6.07, 6.45) is 3.59. The number of anilines is 1. The Hall–Kier alpha value is -1.90. The van der Waals surface area contributed by atoms with E-state index in [4.69, 9.17) is 4.74 Å². The lowest BCUT2D eigenvalue weighted by atomic mass is 10.1. The number of benzene rings is 1. The van der Waals surface area contributed by atoms with Gasteiger partial charge in [0, 0.05) is 11.8 Å². The van der Waals surface area contributed by atoms with Crippen molar-refractivity contribution >= 4 is 34.1 Å². The van der Waals surface area contributed by atoms with Gasteiger partial charge in [0.1, 0.15) is 17.4 Å². The molecule has 0 aliphatic heterocycles. The van der Waals surface area contributed by atoms with Crippen LogP contribution in [0.5, 0.6) is 5.75 Å². The molecule has 1 aromatic carbocycles. The Labute approximate surface area is 140 Å². The molecule has 0 radical (unpaired) electrons. The Morgan fingerprint density at radius 3 is 2.95 bits per heavy atom. The van der Waals surface area contributed by atoms with Crippen molar-refractivity contribution in [2.24, 2.45) is 0 Å². The van der Waals surface area contributed by atoms with Gasteiger partial charge in [-0.25, -0.2) is 13.9 Å². The second kappa shape index (κ2) is 6.07. The van der Waals surface area contributed by atoms with Crippen molar-refractivity contribution in [3.05, 3.63) is 51.6 Å². The predicted molar refractivity (Wildman–Crippen MR) is 90.7 cm³/mol. The van der Waals surface area contributed by atoms with Gasteiger partial charge >= 0.3 is 0 Å². The van der Waals surface area contributed by atoms with Gasteiger partial charge in [-0.2, -0.15) is 5.10 Å². The van der Waals surface area contributed by atoms with Crippen molar-refractivity contribution in [1.29, 1.82) is 0 Å². The Morgan fingerprint density at radius 1 is 1.36 bits per heavy atom. The quantitative estimate of drug-likeness (QED) is 0.665. The summed E-state index contributed by atoms with van der Waals surface area (Å²) < 4.78 is 21.5. The van der Waals surface area contributed by atoms with Crippen LogP contribution in [0.15, 0.2) is 36.7 Å². The van der Waals surface area contributed by atoms with Crippen LogP contribution in [0.4, 0.5) is 10.2 Å². The first-order valence-corrected chi connectivity index (χ1v) is 7.76. The van der Waals surface area contributed by atoms with E-state index in [0.29, 0.717) is 11.6 Å². The molecule has 2 aromatic heterocycles. The number of ether oxygens (including phenoxy) is 1. The summed E-state index contributed by atoms with van der Waals surface area (Å²) >= 11 is 2.19. The molecule has 0 aliphatic carbocycles. The maximum atomic E-state index is 13.5.